The molecule has 0 radical (unpaired) electrons. The number of esters is 1. The standard InChI is InChI=1S/C39H40N2O6/c1-3-41-33-12-9-28(37(44)32(11-14-35(42)46-2)40-47-36(43)18-24-7-5-4-6-8-24)19-30(33)31-20-29(10-13-34(31)41)38(45)39-21-25-15-26(22-39)17-27(16-25)23-39/h4-10,12-13,19-20,25-27H,3,11,14-18,21-23H2,1-2H3/b40-32+. The summed E-state index contributed by atoms with van der Waals surface area (Å²) in [5.41, 5.74) is 3.53. The molecule has 4 aliphatic carbocycles. The fourth-order valence-corrected chi connectivity index (χ4v) is 9.01. The Morgan fingerprint density at radius 2 is 1.38 bits per heavy atom. The van der Waals surface area contributed by atoms with Crippen molar-refractivity contribution in [3.05, 3.63) is 83.4 Å². The molecule has 0 unspecified atom stereocenters. The minimum Gasteiger partial charge on any atom is -0.469 e. The lowest BCUT2D eigenvalue weighted by atomic mass is 9.48. The average Bonchev–Trinajstić information content (AvgIpc) is 3.39. The first-order chi connectivity index (χ1) is 22.8. The zero-order valence-corrected chi connectivity index (χ0v) is 27.0. The second kappa shape index (κ2) is 12.5. The van der Waals surface area contributed by atoms with Gasteiger partial charge < -0.3 is 14.1 Å². The minimum atomic E-state index is -0.614. The molecule has 4 saturated carbocycles. The summed E-state index contributed by atoms with van der Waals surface area (Å²) in [6.07, 6.45) is 6.72. The Hall–Kier alpha value is -4.59. The number of ketones is 2. The van der Waals surface area contributed by atoms with Crippen molar-refractivity contribution in [1.82, 2.24) is 4.57 Å². The molecule has 0 atom stereocenters. The molecule has 0 N–H and O–H groups in total. The number of aryl methyl sites for hydroxylation is 1. The molecule has 0 amide bonds. The number of Topliss-reactive ketones (excluding diaryl/α,β-unsaturated/α-hetero) is 2. The van der Waals surface area contributed by atoms with Crippen LogP contribution in [0.1, 0.15) is 84.6 Å². The van der Waals surface area contributed by atoms with Crippen LogP contribution in [0.15, 0.2) is 71.9 Å². The van der Waals surface area contributed by atoms with Gasteiger partial charge in [0.05, 0.1) is 20.0 Å². The van der Waals surface area contributed by atoms with Crippen LogP contribution in [0.5, 0.6) is 0 Å². The molecule has 4 bridgehead atoms. The lowest BCUT2D eigenvalue weighted by molar-refractivity contribution is -0.142. The van der Waals surface area contributed by atoms with Crippen LogP contribution in [0, 0.1) is 23.2 Å². The van der Waals surface area contributed by atoms with Gasteiger partial charge >= 0.3 is 11.9 Å². The molecular weight excluding hydrogens is 592 g/mol. The van der Waals surface area contributed by atoms with Gasteiger partial charge in [0.2, 0.25) is 5.78 Å². The lowest BCUT2D eigenvalue weighted by Gasteiger charge is -2.56. The number of oxime groups is 1. The van der Waals surface area contributed by atoms with Gasteiger partial charge in [0.1, 0.15) is 5.71 Å². The molecule has 8 nitrogen and oxygen atoms in total. The Kier molecular flexibility index (Phi) is 8.28. The molecule has 4 aliphatic rings. The summed E-state index contributed by atoms with van der Waals surface area (Å²) in [6.45, 7) is 2.80. The Morgan fingerprint density at radius 3 is 1.98 bits per heavy atom. The molecule has 1 heterocycles. The van der Waals surface area contributed by atoms with E-state index in [0.29, 0.717) is 23.3 Å². The Labute approximate surface area is 274 Å². The van der Waals surface area contributed by atoms with Crippen LogP contribution in [-0.4, -0.2) is 40.9 Å². The van der Waals surface area contributed by atoms with Crippen molar-refractivity contribution < 1.29 is 28.8 Å². The van der Waals surface area contributed by atoms with E-state index in [2.05, 4.69) is 16.6 Å². The highest BCUT2D eigenvalue weighted by atomic mass is 16.7. The summed E-state index contributed by atoms with van der Waals surface area (Å²) in [4.78, 5) is 57.8. The zero-order valence-electron chi connectivity index (χ0n) is 27.0. The third kappa shape index (κ3) is 5.90. The summed E-state index contributed by atoms with van der Waals surface area (Å²) in [5.74, 6) is 0.752. The molecule has 47 heavy (non-hydrogen) atoms. The normalized spacial score (nSPS) is 23.3. The number of methoxy groups -OCH3 is 1. The number of fused-ring (bicyclic) bond motifs is 3. The van der Waals surface area contributed by atoms with Gasteiger partial charge in [-0.15, -0.1) is 0 Å². The number of carbonyl (C=O) groups is 4. The molecule has 0 aliphatic heterocycles. The maximum absolute atomic E-state index is 14.3. The van der Waals surface area contributed by atoms with Gasteiger partial charge in [-0.3, -0.25) is 14.4 Å². The second-order valence-electron chi connectivity index (χ2n) is 13.8. The van der Waals surface area contributed by atoms with Crippen molar-refractivity contribution in [1.29, 1.82) is 0 Å². The number of hydrogen-bond acceptors (Lipinski definition) is 7. The Balaban J connectivity index is 1.21. The third-order valence-corrected chi connectivity index (χ3v) is 10.7. The van der Waals surface area contributed by atoms with Crippen molar-refractivity contribution in [2.24, 2.45) is 28.3 Å². The van der Waals surface area contributed by atoms with E-state index in [1.165, 1.54) is 26.4 Å². The Bertz CT molecular complexity index is 1880. The van der Waals surface area contributed by atoms with Crippen LogP contribution in [-0.2, 0) is 32.1 Å². The van der Waals surface area contributed by atoms with Gasteiger partial charge in [0.25, 0.3) is 0 Å². The predicted molar refractivity (Wildman–Crippen MR) is 179 cm³/mol. The number of benzene rings is 3. The quantitative estimate of drug-likeness (QED) is 0.0558. The topological polar surface area (TPSA) is 104 Å². The van der Waals surface area contributed by atoms with Crippen molar-refractivity contribution in [2.75, 3.05) is 7.11 Å². The maximum atomic E-state index is 14.3. The van der Waals surface area contributed by atoms with Gasteiger partial charge in [-0.2, -0.15) is 0 Å². The van der Waals surface area contributed by atoms with Crippen LogP contribution in [0.25, 0.3) is 21.8 Å². The van der Waals surface area contributed by atoms with E-state index in [4.69, 9.17) is 9.57 Å². The highest BCUT2D eigenvalue weighted by Gasteiger charge is 2.54. The van der Waals surface area contributed by atoms with E-state index in [9.17, 15) is 19.2 Å². The lowest BCUT2D eigenvalue weighted by Crippen LogP contribution is -2.50. The number of hydrogen-bond donors (Lipinski definition) is 0. The van der Waals surface area contributed by atoms with Crippen molar-refractivity contribution in [3.63, 3.8) is 0 Å². The number of aromatic nitrogens is 1. The molecular formula is C39H40N2O6. The van der Waals surface area contributed by atoms with Crippen LogP contribution < -0.4 is 0 Å². The molecule has 0 saturated heterocycles. The predicted octanol–water partition coefficient (Wildman–Crippen LogP) is 7.49. The van der Waals surface area contributed by atoms with Crippen LogP contribution >= 0.6 is 0 Å². The van der Waals surface area contributed by atoms with E-state index >= 15 is 0 Å². The number of nitrogens with zero attached hydrogens (tertiary/aromatic N) is 2. The summed E-state index contributed by atoms with van der Waals surface area (Å²) in [7, 11) is 1.28. The molecule has 0 spiro atoms. The highest BCUT2D eigenvalue weighted by Crippen LogP contribution is 2.61. The Morgan fingerprint density at radius 1 is 0.787 bits per heavy atom. The molecule has 8 heteroatoms. The summed E-state index contributed by atoms with van der Waals surface area (Å²) in [6, 6.07) is 20.6. The van der Waals surface area contributed by atoms with Gasteiger partial charge in [-0.05, 0) is 105 Å². The van der Waals surface area contributed by atoms with Crippen molar-refractivity contribution in [2.45, 2.75) is 71.3 Å². The first-order valence-electron chi connectivity index (χ1n) is 16.8. The van der Waals surface area contributed by atoms with Gasteiger partial charge in [-0.25, -0.2) is 4.79 Å². The molecule has 4 aromatic rings. The fraction of sp³-hybridized carbons (Fsp3) is 0.410. The third-order valence-electron chi connectivity index (χ3n) is 10.7. The van der Waals surface area contributed by atoms with Crippen LogP contribution in [0.3, 0.4) is 0 Å². The van der Waals surface area contributed by atoms with Crippen molar-refractivity contribution in [3.8, 4) is 0 Å². The zero-order chi connectivity index (χ0) is 32.7. The van der Waals surface area contributed by atoms with Gasteiger partial charge in [0.15, 0.2) is 5.78 Å². The monoisotopic (exact) mass is 632 g/mol. The maximum Gasteiger partial charge on any atom is 0.339 e. The van der Waals surface area contributed by atoms with Crippen LogP contribution in [0.2, 0.25) is 0 Å². The van der Waals surface area contributed by atoms with E-state index in [-0.39, 0.29) is 36.2 Å². The van der Waals surface area contributed by atoms with E-state index in [1.807, 2.05) is 48.5 Å². The molecule has 8 rings (SSSR count). The van der Waals surface area contributed by atoms with Crippen LogP contribution in [0.4, 0.5) is 0 Å². The SMILES string of the molecule is CCn1c2ccc(C(=O)/C(CCC(=O)OC)=N/OC(=O)Cc3ccccc3)cc2c2cc(C(=O)C34CC5CC(CC(C5)C3)C4)ccc21. The van der Waals surface area contributed by atoms with E-state index in [1.54, 1.807) is 18.2 Å². The largest absolute Gasteiger partial charge is 0.469 e. The first kappa shape index (κ1) is 31.0. The number of ether oxygens (including phenoxy) is 1. The molecule has 1 aromatic heterocycles. The minimum absolute atomic E-state index is 0.00436. The van der Waals surface area contributed by atoms with Gasteiger partial charge in [-0.1, -0.05) is 35.5 Å². The smallest absolute Gasteiger partial charge is 0.339 e. The fourth-order valence-electron chi connectivity index (χ4n) is 9.01. The molecule has 3 aromatic carbocycles. The summed E-state index contributed by atoms with van der Waals surface area (Å²) in [5, 5.41) is 5.74. The summed E-state index contributed by atoms with van der Waals surface area (Å²) < 4.78 is 6.97. The second-order valence-corrected chi connectivity index (χ2v) is 13.8. The van der Waals surface area contributed by atoms with Gasteiger partial charge in [0, 0.05) is 51.3 Å². The molecule has 4 fully saturated rings. The summed E-state index contributed by atoms with van der Waals surface area (Å²) >= 11 is 0. The van der Waals surface area contributed by atoms with Crippen molar-refractivity contribution >= 4 is 51.0 Å². The highest BCUT2D eigenvalue weighted by molar-refractivity contribution is 6.46. The number of rotatable bonds is 11. The number of carbonyl (C=O) groups excluding carboxylic acids is 4. The molecule has 242 valence electrons. The van der Waals surface area contributed by atoms with E-state index < -0.39 is 17.7 Å². The average molecular weight is 633 g/mol. The first-order valence-corrected chi connectivity index (χ1v) is 16.8. The van der Waals surface area contributed by atoms with E-state index in [0.717, 1.165) is 58.7 Å².